The first-order chi connectivity index (χ1) is 19.0. The molecule has 40 heavy (non-hydrogen) atoms. The third-order valence-electron chi connectivity index (χ3n) is 6.38. The molecule has 1 aromatic carbocycles. The molecule has 3 heterocycles. The highest BCUT2D eigenvalue weighted by Gasteiger charge is 2.34. The number of rotatable bonds is 5. The van der Waals surface area contributed by atoms with Crippen LogP contribution in [-0.2, 0) is 12.7 Å². The average molecular weight is 566 g/mol. The number of alkyl halides is 5. The molecule has 0 radical (unpaired) electrons. The van der Waals surface area contributed by atoms with Crippen LogP contribution < -0.4 is 5.56 Å². The molecule has 1 aliphatic rings. The summed E-state index contributed by atoms with van der Waals surface area (Å²) < 4.78 is 83.5. The van der Waals surface area contributed by atoms with E-state index in [4.69, 9.17) is 0 Å². The second-order valence-corrected chi connectivity index (χ2v) is 9.33. The van der Waals surface area contributed by atoms with Gasteiger partial charge in [0.2, 0.25) is 5.82 Å². The smallest absolute Gasteiger partial charge is 0.333 e. The Morgan fingerprint density at radius 1 is 1.07 bits per heavy atom. The first kappa shape index (κ1) is 29.0. The van der Waals surface area contributed by atoms with Gasteiger partial charge in [0.25, 0.3) is 11.4 Å². The predicted molar refractivity (Wildman–Crippen MR) is 132 cm³/mol. The standard InChI is InChI=1S/C20H18F5N5O2.C7H7F/c21-16(22)18-27-17(29-32-18)14-9-12(11-5-2-1-3-6-11)19(31)30(28-14)10-15-13(20(23,24)25)7-4-8-26-15;1-6-3-2-4-7(8)5-6/h4,7-9,11,16H,1-3,5-6,10H2;2-5H,1H3. The maximum absolute atomic E-state index is 13.4. The zero-order valence-corrected chi connectivity index (χ0v) is 21.3. The van der Waals surface area contributed by atoms with Crippen molar-refractivity contribution in [2.24, 2.45) is 0 Å². The molecule has 0 atom stereocenters. The first-order valence-electron chi connectivity index (χ1n) is 12.5. The summed E-state index contributed by atoms with van der Waals surface area (Å²) >= 11 is 0. The summed E-state index contributed by atoms with van der Waals surface area (Å²) in [6.45, 7) is 1.31. The molecular weight excluding hydrogens is 540 g/mol. The Kier molecular flexibility index (Phi) is 9.00. The topological polar surface area (TPSA) is 86.7 Å². The van der Waals surface area contributed by atoms with Crippen molar-refractivity contribution >= 4 is 0 Å². The SMILES string of the molecule is Cc1cccc(F)c1.O=c1c(C2CCCCC2)cc(-c2noc(C(F)F)n2)nn1Cc1ncccc1C(F)(F)F. The molecule has 0 N–H and O–H groups in total. The fourth-order valence-electron chi connectivity index (χ4n) is 4.48. The maximum Gasteiger partial charge on any atom is 0.418 e. The van der Waals surface area contributed by atoms with E-state index in [1.54, 1.807) is 6.07 Å². The Morgan fingerprint density at radius 3 is 2.42 bits per heavy atom. The van der Waals surface area contributed by atoms with Crippen LogP contribution in [0.3, 0.4) is 0 Å². The third-order valence-corrected chi connectivity index (χ3v) is 6.38. The van der Waals surface area contributed by atoms with Crippen LogP contribution in [0.2, 0.25) is 0 Å². The number of aryl methyl sites for hydroxylation is 1. The molecule has 0 amide bonds. The number of nitrogens with zero attached hydrogens (tertiary/aromatic N) is 5. The predicted octanol–water partition coefficient (Wildman–Crippen LogP) is 6.87. The van der Waals surface area contributed by atoms with Gasteiger partial charge < -0.3 is 4.52 Å². The zero-order valence-electron chi connectivity index (χ0n) is 21.3. The number of pyridine rings is 1. The molecule has 1 fully saturated rings. The van der Waals surface area contributed by atoms with E-state index in [2.05, 4.69) is 24.7 Å². The lowest BCUT2D eigenvalue weighted by Crippen LogP contribution is -2.30. The number of benzene rings is 1. The molecule has 13 heteroatoms. The van der Waals surface area contributed by atoms with Crippen LogP contribution in [0.5, 0.6) is 0 Å². The molecule has 0 unspecified atom stereocenters. The van der Waals surface area contributed by atoms with Gasteiger partial charge in [-0.2, -0.15) is 32.0 Å². The number of aromatic nitrogens is 5. The summed E-state index contributed by atoms with van der Waals surface area (Å²) in [5.74, 6) is -1.48. The van der Waals surface area contributed by atoms with Crippen molar-refractivity contribution in [3.05, 3.63) is 93.1 Å². The molecule has 3 aromatic heterocycles. The molecule has 0 bridgehead atoms. The van der Waals surface area contributed by atoms with Crippen molar-refractivity contribution in [1.82, 2.24) is 24.9 Å². The van der Waals surface area contributed by atoms with Crippen molar-refractivity contribution in [2.45, 2.75) is 64.1 Å². The molecule has 0 aliphatic heterocycles. The van der Waals surface area contributed by atoms with Gasteiger partial charge in [-0.3, -0.25) is 9.78 Å². The van der Waals surface area contributed by atoms with Crippen molar-refractivity contribution in [2.75, 3.05) is 0 Å². The van der Waals surface area contributed by atoms with E-state index < -0.39 is 36.2 Å². The van der Waals surface area contributed by atoms with Gasteiger partial charge in [0.05, 0.1) is 17.8 Å². The van der Waals surface area contributed by atoms with E-state index in [0.29, 0.717) is 5.56 Å². The van der Waals surface area contributed by atoms with E-state index >= 15 is 0 Å². The highest BCUT2D eigenvalue weighted by molar-refractivity contribution is 5.49. The van der Waals surface area contributed by atoms with Crippen molar-refractivity contribution in [1.29, 1.82) is 0 Å². The van der Waals surface area contributed by atoms with Crippen molar-refractivity contribution in [3.8, 4) is 11.5 Å². The van der Waals surface area contributed by atoms with Gasteiger partial charge in [-0.15, -0.1) is 0 Å². The van der Waals surface area contributed by atoms with Crippen LogP contribution >= 0.6 is 0 Å². The molecule has 4 aromatic rings. The molecule has 0 saturated heterocycles. The second-order valence-electron chi connectivity index (χ2n) is 9.33. The monoisotopic (exact) mass is 565 g/mol. The summed E-state index contributed by atoms with van der Waals surface area (Å²) in [6.07, 6.45) is -2.20. The summed E-state index contributed by atoms with van der Waals surface area (Å²) in [5.41, 5.74) is -0.671. The zero-order chi connectivity index (χ0) is 28.9. The third kappa shape index (κ3) is 7.13. The summed E-state index contributed by atoms with van der Waals surface area (Å²) in [4.78, 5) is 20.5. The van der Waals surface area contributed by atoms with Gasteiger partial charge >= 0.3 is 12.6 Å². The minimum atomic E-state index is -4.67. The van der Waals surface area contributed by atoms with Crippen LogP contribution in [-0.4, -0.2) is 24.9 Å². The van der Waals surface area contributed by atoms with E-state index in [-0.39, 0.29) is 28.9 Å². The molecule has 1 saturated carbocycles. The van der Waals surface area contributed by atoms with Crippen molar-refractivity contribution in [3.63, 3.8) is 0 Å². The lowest BCUT2D eigenvalue weighted by atomic mass is 9.84. The normalized spacial score (nSPS) is 14.2. The Labute approximate surface area is 224 Å². The maximum atomic E-state index is 13.4. The van der Waals surface area contributed by atoms with Gasteiger partial charge in [0.15, 0.2) is 0 Å². The Balaban J connectivity index is 0.000000398. The van der Waals surface area contributed by atoms with Gasteiger partial charge in [0, 0.05) is 11.8 Å². The van der Waals surface area contributed by atoms with Crippen LogP contribution in [0.15, 0.2) is 58.0 Å². The quantitative estimate of drug-likeness (QED) is 0.245. The summed E-state index contributed by atoms with van der Waals surface area (Å²) in [6, 6.07) is 9.93. The molecule has 1 aliphatic carbocycles. The fourth-order valence-corrected chi connectivity index (χ4v) is 4.48. The number of hydrogen-bond acceptors (Lipinski definition) is 6. The minimum Gasteiger partial charge on any atom is -0.333 e. The first-order valence-corrected chi connectivity index (χ1v) is 12.5. The molecular formula is C27H25F6N5O2. The van der Waals surface area contributed by atoms with Gasteiger partial charge in [0.1, 0.15) is 11.5 Å². The molecule has 5 rings (SSSR count). The minimum absolute atomic E-state index is 0.0367. The lowest BCUT2D eigenvalue weighted by Gasteiger charge is -2.22. The van der Waals surface area contributed by atoms with Crippen LogP contribution in [0, 0.1) is 12.7 Å². The lowest BCUT2D eigenvalue weighted by molar-refractivity contribution is -0.138. The molecule has 0 spiro atoms. The van der Waals surface area contributed by atoms with Crippen LogP contribution in [0.1, 0.15) is 72.7 Å². The summed E-state index contributed by atoms with van der Waals surface area (Å²) in [5, 5.41) is 7.55. The largest absolute Gasteiger partial charge is 0.418 e. The van der Waals surface area contributed by atoms with Gasteiger partial charge in [-0.05, 0) is 61.6 Å². The van der Waals surface area contributed by atoms with E-state index in [0.717, 1.165) is 54.5 Å². The Morgan fingerprint density at radius 2 is 1.82 bits per heavy atom. The molecule has 7 nitrogen and oxygen atoms in total. The van der Waals surface area contributed by atoms with Gasteiger partial charge in [-0.25, -0.2) is 9.07 Å². The Hall–Kier alpha value is -4.03. The summed E-state index contributed by atoms with van der Waals surface area (Å²) in [7, 11) is 0. The Bertz CT molecular complexity index is 1480. The number of hydrogen-bond donors (Lipinski definition) is 0. The van der Waals surface area contributed by atoms with E-state index in [1.165, 1.54) is 24.4 Å². The van der Waals surface area contributed by atoms with E-state index in [9.17, 15) is 31.1 Å². The van der Waals surface area contributed by atoms with Crippen LogP contribution in [0.4, 0.5) is 26.3 Å². The highest BCUT2D eigenvalue weighted by atomic mass is 19.4. The molecule has 212 valence electrons. The highest BCUT2D eigenvalue weighted by Crippen LogP contribution is 2.33. The van der Waals surface area contributed by atoms with Crippen molar-refractivity contribution < 1.29 is 30.9 Å². The average Bonchev–Trinajstić information content (AvgIpc) is 3.41. The second kappa shape index (κ2) is 12.4. The van der Waals surface area contributed by atoms with Crippen LogP contribution in [0.25, 0.3) is 11.5 Å². The fraction of sp³-hybridized carbons (Fsp3) is 0.370. The van der Waals surface area contributed by atoms with Gasteiger partial charge in [-0.1, -0.05) is 36.6 Å². The van der Waals surface area contributed by atoms with E-state index in [1.807, 2.05) is 13.0 Å². The number of halogens is 6.